The van der Waals surface area contributed by atoms with Gasteiger partial charge >= 0.3 is 0 Å². The van der Waals surface area contributed by atoms with E-state index >= 15 is 0 Å². The molecule has 90 valence electrons. The molecule has 0 fully saturated rings. The van der Waals surface area contributed by atoms with Crippen molar-refractivity contribution >= 4 is 12.4 Å². The fourth-order valence-corrected chi connectivity index (χ4v) is 1.81. The zero-order valence-electron chi connectivity index (χ0n) is 10.0. The maximum absolute atomic E-state index is 3.18. The first kappa shape index (κ1) is 13.8. The van der Waals surface area contributed by atoms with Gasteiger partial charge in [0.2, 0.25) is 0 Å². The molecule has 0 unspecified atom stereocenters. The highest BCUT2D eigenvalue weighted by Gasteiger charge is 1.98. The second-order valence-electron chi connectivity index (χ2n) is 3.92. The van der Waals surface area contributed by atoms with Gasteiger partial charge in [0.05, 0.1) is 0 Å². The first-order chi connectivity index (χ1) is 7.90. The van der Waals surface area contributed by atoms with E-state index in [-0.39, 0.29) is 12.4 Å². The largest absolute Gasteiger partial charge is 0.319 e. The van der Waals surface area contributed by atoms with Crippen LogP contribution in [-0.2, 0) is 6.42 Å². The number of likely N-dealkylation sites (N-methyl/N-ethyl adjacent to an activating group) is 1. The quantitative estimate of drug-likeness (QED) is 0.872. The molecule has 0 heterocycles. The van der Waals surface area contributed by atoms with Gasteiger partial charge in [-0.05, 0) is 36.7 Å². The second kappa shape index (κ2) is 7.10. The van der Waals surface area contributed by atoms with E-state index in [1.165, 1.54) is 16.7 Å². The highest BCUT2D eigenvalue weighted by atomic mass is 35.5. The molecule has 1 nitrogen and oxygen atoms in total. The van der Waals surface area contributed by atoms with Crippen molar-refractivity contribution in [2.24, 2.45) is 0 Å². The summed E-state index contributed by atoms with van der Waals surface area (Å²) in [4.78, 5) is 0. The van der Waals surface area contributed by atoms with Crippen LogP contribution in [0.4, 0.5) is 0 Å². The van der Waals surface area contributed by atoms with Gasteiger partial charge in [-0.15, -0.1) is 12.4 Å². The molecule has 0 atom stereocenters. The van der Waals surface area contributed by atoms with Gasteiger partial charge in [0, 0.05) is 0 Å². The van der Waals surface area contributed by atoms with Crippen molar-refractivity contribution in [1.29, 1.82) is 0 Å². The lowest BCUT2D eigenvalue weighted by molar-refractivity contribution is 0.792. The summed E-state index contributed by atoms with van der Waals surface area (Å²) in [5.74, 6) is 0. The fraction of sp³-hybridized carbons (Fsp3) is 0.200. The Labute approximate surface area is 109 Å². The average Bonchev–Trinajstić information content (AvgIpc) is 2.38. The molecule has 2 heteroatoms. The van der Waals surface area contributed by atoms with E-state index in [4.69, 9.17) is 0 Å². The molecule has 17 heavy (non-hydrogen) atoms. The summed E-state index contributed by atoms with van der Waals surface area (Å²) in [5, 5.41) is 3.18. The topological polar surface area (TPSA) is 12.0 Å². The predicted octanol–water partition coefficient (Wildman–Crippen LogP) is 3.54. The van der Waals surface area contributed by atoms with Gasteiger partial charge in [0.1, 0.15) is 0 Å². The summed E-state index contributed by atoms with van der Waals surface area (Å²) in [7, 11) is 1.99. The van der Waals surface area contributed by atoms with Gasteiger partial charge in [-0.25, -0.2) is 0 Å². The van der Waals surface area contributed by atoms with Crippen LogP contribution in [0.2, 0.25) is 0 Å². The summed E-state index contributed by atoms with van der Waals surface area (Å²) in [6, 6.07) is 19.3. The molecule has 2 aromatic carbocycles. The highest BCUT2D eigenvalue weighted by Crippen LogP contribution is 2.19. The van der Waals surface area contributed by atoms with Crippen LogP contribution in [0, 0.1) is 0 Å². The molecule has 0 saturated carbocycles. The van der Waals surface area contributed by atoms with E-state index in [1.807, 2.05) is 13.1 Å². The monoisotopic (exact) mass is 247 g/mol. The number of nitrogens with one attached hydrogen (secondary N) is 1. The zero-order chi connectivity index (χ0) is 11.2. The van der Waals surface area contributed by atoms with E-state index in [0.29, 0.717) is 0 Å². The lowest BCUT2D eigenvalue weighted by Crippen LogP contribution is -2.10. The summed E-state index contributed by atoms with van der Waals surface area (Å²) in [6.45, 7) is 1.03. The van der Waals surface area contributed by atoms with Crippen LogP contribution in [0.25, 0.3) is 11.1 Å². The molecule has 2 aromatic rings. The first-order valence-electron chi connectivity index (χ1n) is 5.69. The van der Waals surface area contributed by atoms with Gasteiger partial charge in [-0.2, -0.15) is 0 Å². The second-order valence-corrected chi connectivity index (χ2v) is 3.92. The number of hydrogen-bond donors (Lipinski definition) is 1. The Kier molecular flexibility index (Phi) is 5.75. The Morgan fingerprint density at radius 1 is 0.882 bits per heavy atom. The van der Waals surface area contributed by atoms with Crippen molar-refractivity contribution in [2.45, 2.75) is 6.42 Å². The predicted molar refractivity (Wildman–Crippen MR) is 76.8 cm³/mol. The van der Waals surface area contributed by atoms with E-state index < -0.39 is 0 Å². The zero-order valence-corrected chi connectivity index (χ0v) is 10.8. The van der Waals surface area contributed by atoms with Gasteiger partial charge in [-0.3, -0.25) is 0 Å². The third-order valence-electron chi connectivity index (χ3n) is 2.70. The third-order valence-corrected chi connectivity index (χ3v) is 2.70. The summed E-state index contributed by atoms with van der Waals surface area (Å²) in [6.07, 6.45) is 1.08. The third kappa shape index (κ3) is 3.88. The van der Waals surface area contributed by atoms with Crippen molar-refractivity contribution in [1.82, 2.24) is 5.32 Å². The summed E-state index contributed by atoms with van der Waals surface area (Å²) < 4.78 is 0. The van der Waals surface area contributed by atoms with Crippen LogP contribution in [0.15, 0.2) is 54.6 Å². The van der Waals surface area contributed by atoms with Crippen LogP contribution >= 0.6 is 12.4 Å². The Balaban J connectivity index is 0.00000144. The van der Waals surface area contributed by atoms with E-state index in [2.05, 4.69) is 53.8 Å². The van der Waals surface area contributed by atoms with Crippen molar-refractivity contribution in [2.75, 3.05) is 13.6 Å². The van der Waals surface area contributed by atoms with Crippen molar-refractivity contribution in [3.63, 3.8) is 0 Å². The molecule has 0 amide bonds. The summed E-state index contributed by atoms with van der Waals surface area (Å²) >= 11 is 0. The Bertz CT molecular complexity index is 440. The van der Waals surface area contributed by atoms with Crippen LogP contribution in [0.3, 0.4) is 0 Å². The van der Waals surface area contributed by atoms with Crippen LogP contribution in [0.1, 0.15) is 5.56 Å². The maximum Gasteiger partial charge on any atom is -0.00114 e. The Hall–Kier alpha value is -1.31. The highest BCUT2D eigenvalue weighted by molar-refractivity contribution is 5.85. The number of rotatable bonds is 4. The SMILES string of the molecule is CNCCc1cccc(-c2ccccc2)c1.Cl. The van der Waals surface area contributed by atoms with E-state index in [9.17, 15) is 0 Å². The number of hydrogen-bond acceptors (Lipinski definition) is 1. The minimum Gasteiger partial charge on any atom is -0.319 e. The standard InChI is InChI=1S/C15H17N.ClH/c1-16-11-10-13-6-5-9-15(12-13)14-7-3-2-4-8-14;/h2-9,12,16H,10-11H2,1H3;1H. The molecule has 2 rings (SSSR count). The van der Waals surface area contributed by atoms with Gasteiger partial charge < -0.3 is 5.32 Å². The smallest absolute Gasteiger partial charge is 0.00114 e. The molecule has 0 aromatic heterocycles. The molecule has 0 aliphatic rings. The van der Waals surface area contributed by atoms with Crippen molar-refractivity contribution in [3.8, 4) is 11.1 Å². The fourth-order valence-electron chi connectivity index (χ4n) is 1.81. The maximum atomic E-state index is 3.18. The normalized spacial score (nSPS) is 9.71. The lowest BCUT2D eigenvalue weighted by atomic mass is 10.0. The Morgan fingerprint density at radius 2 is 1.59 bits per heavy atom. The lowest BCUT2D eigenvalue weighted by Gasteiger charge is -2.05. The first-order valence-corrected chi connectivity index (χ1v) is 5.69. The van der Waals surface area contributed by atoms with E-state index in [1.54, 1.807) is 0 Å². The molecule has 0 radical (unpaired) electrons. The number of halogens is 1. The van der Waals surface area contributed by atoms with Gasteiger partial charge in [0.25, 0.3) is 0 Å². The minimum absolute atomic E-state index is 0. The van der Waals surface area contributed by atoms with Crippen LogP contribution < -0.4 is 5.32 Å². The molecular weight excluding hydrogens is 230 g/mol. The molecule has 0 spiro atoms. The van der Waals surface area contributed by atoms with Crippen molar-refractivity contribution < 1.29 is 0 Å². The van der Waals surface area contributed by atoms with Gasteiger partial charge in [-0.1, -0.05) is 54.6 Å². The van der Waals surface area contributed by atoms with Gasteiger partial charge in [0.15, 0.2) is 0 Å². The summed E-state index contributed by atoms with van der Waals surface area (Å²) in [5.41, 5.74) is 3.97. The minimum atomic E-state index is 0. The molecule has 1 N–H and O–H groups in total. The van der Waals surface area contributed by atoms with E-state index in [0.717, 1.165) is 13.0 Å². The molecule has 0 bridgehead atoms. The molecular formula is C15H18ClN. The van der Waals surface area contributed by atoms with Crippen molar-refractivity contribution in [3.05, 3.63) is 60.2 Å². The van der Waals surface area contributed by atoms with Crippen LogP contribution in [-0.4, -0.2) is 13.6 Å². The number of benzene rings is 2. The Morgan fingerprint density at radius 3 is 2.29 bits per heavy atom. The molecule has 0 aliphatic heterocycles. The molecule has 0 aliphatic carbocycles. The van der Waals surface area contributed by atoms with Crippen LogP contribution in [0.5, 0.6) is 0 Å². The molecule has 0 saturated heterocycles. The average molecular weight is 248 g/mol.